The van der Waals surface area contributed by atoms with Crippen molar-refractivity contribution in [1.82, 2.24) is 10.2 Å². The van der Waals surface area contributed by atoms with Crippen LogP contribution in [0, 0.1) is 5.41 Å². The summed E-state index contributed by atoms with van der Waals surface area (Å²) in [4.78, 5) is 2.67. The van der Waals surface area contributed by atoms with Gasteiger partial charge in [0.15, 0.2) is 0 Å². The maximum atomic E-state index is 5.44. The highest BCUT2D eigenvalue weighted by molar-refractivity contribution is 4.90. The zero-order valence-electron chi connectivity index (χ0n) is 13.6. The van der Waals surface area contributed by atoms with Crippen molar-refractivity contribution in [2.75, 3.05) is 39.9 Å². The third-order valence-electron chi connectivity index (χ3n) is 5.46. The van der Waals surface area contributed by atoms with Gasteiger partial charge in [0.2, 0.25) is 0 Å². The molecule has 1 aliphatic carbocycles. The van der Waals surface area contributed by atoms with Gasteiger partial charge in [0.25, 0.3) is 0 Å². The largest absolute Gasteiger partial charge is 0.383 e. The topological polar surface area (TPSA) is 24.5 Å². The van der Waals surface area contributed by atoms with Gasteiger partial charge in [-0.3, -0.25) is 4.90 Å². The van der Waals surface area contributed by atoms with Gasteiger partial charge in [0.1, 0.15) is 0 Å². The van der Waals surface area contributed by atoms with E-state index in [-0.39, 0.29) is 0 Å². The standard InChI is InChI=1S/C17H34N2O/c1-3-11-18-14-16(15-20-2)19-12-9-17(10-13-19)7-5-4-6-8-17/h16,18H,3-15H2,1-2H3. The van der Waals surface area contributed by atoms with Crippen molar-refractivity contribution >= 4 is 0 Å². The van der Waals surface area contributed by atoms with Crippen LogP contribution in [0.4, 0.5) is 0 Å². The zero-order chi connectivity index (χ0) is 14.3. The minimum absolute atomic E-state index is 0.562. The van der Waals surface area contributed by atoms with Crippen LogP contribution in [0.3, 0.4) is 0 Å². The highest BCUT2D eigenvalue weighted by Gasteiger charge is 2.36. The van der Waals surface area contributed by atoms with Crippen molar-refractivity contribution in [3.63, 3.8) is 0 Å². The number of piperidine rings is 1. The number of hydrogen-bond acceptors (Lipinski definition) is 3. The summed E-state index contributed by atoms with van der Waals surface area (Å²) in [6.45, 7) is 7.85. The first kappa shape index (κ1) is 16.3. The van der Waals surface area contributed by atoms with Crippen molar-refractivity contribution in [2.24, 2.45) is 5.41 Å². The highest BCUT2D eigenvalue weighted by atomic mass is 16.5. The van der Waals surface area contributed by atoms with E-state index in [0.29, 0.717) is 11.5 Å². The van der Waals surface area contributed by atoms with Crippen LogP contribution in [-0.4, -0.2) is 50.8 Å². The SMILES string of the molecule is CCCNCC(COC)N1CCC2(CCCCC2)CC1. The molecule has 2 rings (SSSR count). The molecule has 0 aromatic carbocycles. The molecule has 3 nitrogen and oxygen atoms in total. The van der Waals surface area contributed by atoms with Crippen molar-refractivity contribution in [3.05, 3.63) is 0 Å². The predicted octanol–water partition coefficient (Wildman–Crippen LogP) is 3.05. The number of methoxy groups -OCH3 is 1. The molecule has 2 aliphatic rings. The van der Waals surface area contributed by atoms with Crippen LogP contribution in [-0.2, 0) is 4.74 Å². The van der Waals surface area contributed by atoms with Crippen LogP contribution in [0.5, 0.6) is 0 Å². The van der Waals surface area contributed by atoms with Gasteiger partial charge in [-0.15, -0.1) is 0 Å². The lowest BCUT2D eigenvalue weighted by atomic mass is 9.68. The number of nitrogens with zero attached hydrogens (tertiary/aromatic N) is 1. The number of rotatable bonds is 7. The van der Waals surface area contributed by atoms with Crippen LogP contribution in [0.2, 0.25) is 0 Å². The predicted molar refractivity (Wildman–Crippen MR) is 85.1 cm³/mol. The van der Waals surface area contributed by atoms with E-state index >= 15 is 0 Å². The first-order valence-corrected chi connectivity index (χ1v) is 8.73. The van der Waals surface area contributed by atoms with E-state index in [9.17, 15) is 0 Å². The molecule has 0 aromatic heterocycles. The minimum atomic E-state index is 0.562. The van der Waals surface area contributed by atoms with Crippen molar-refractivity contribution in [3.8, 4) is 0 Å². The second-order valence-electron chi connectivity index (χ2n) is 6.91. The smallest absolute Gasteiger partial charge is 0.0630 e. The molecule has 2 fully saturated rings. The highest BCUT2D eigenvalue weighted by Crippen LogP contribution is 2.44. The number of likely N-dealkylation sites (tertiary alicyclic amines) is 1. The third-order valence-corrected chi connectivity index (χ3v) is 5.46. The van der Waals surface area contributed by atoms with E-state index in [4.69, 9.17) is 4.74 Å². The second kappa shape index (κ2) is 8.35. The van der Waals surface area contributed by atoms with E-state index in [1.54, 1.807) is 0 Å². The quantitative estimate of drug-likeness (QED) is 0.726. The van der Waals surface area contributed by atoms with E-state index < -0.39 is 0 Å². The molecule has 1 heterocycles. The molecule has 1 saturated heterocycles. The zero-order valence-corrected chi connectivity index (χ0v) is 13.6. The maximum absolute atomic E-state index is 5.44. The molecule has 3 heteroatoms. The van der Waals surface area contributed by atoms with Crippen LogP contribution in [0.15, 0.2) is 0 Å². The Morgan fingerprint density at radius 1 is 1.10 bits per heavy atom. The van der Waals surface area contributed by atoms with Gasteiger partial charge in [-0.25, -0.2) is 0 Å². The molecule has 1 atom stereocenters. The Labute approximate surface area is 125 Å². The Morgan fingerprint density at radius 2 is 1.80 bits per heavy atom. The van der Waals surface area contributed by atoms with Crippen molar-refractivity contribution in [2.45, 2.75) is 64.3 Å². The van der Waals surface area contributed by atoms with Gasteiger partial charge in [-0.05, 0) is 57.2 Å². The first-order chi connectivity index (χ1) is 9.79. The molecule has 20 heavy (non-hydrogen) atoms. The number of nitrogens with one attached hydrogen (secondary N) is 1. The van der Waals surface area contributed by atoms with Crippen LogP contribution in [0.1, 0.15) is 58.3 Å². The van der Waals surface area contributed by atoms with E-state index in [1.165, 1.54) is 64.5 Å². The van der Waals surface area contributed by atoms with Gasteiger partial charge in [0, 0.05) is 19.7 Å². The summed E-state index contributed by atoms with van der Waals surface area (Å²) in [5.74, 6) is 0. The fourth-order valence-electron chi connectivity index (χ4n) is 4.10. The average Bonchev–Trinajstić information content (AvgIpc) is 2.48. The number of hydrogen-bond donors (Lipinski definition) is 1. The van der Waals surface area contributed by atoms with E-state index in [2.05, 4.69) is 17.1 Å². The Hall–Kier alpha value is -0.120. The molecule has 1 unspecified atom stereocenters. The van der Waals surface area contributed by atoms with Gasteiger partial charge >= 0.3 is 0 Å². The van der Waals surface area contributed by atoms with Crippen LogP contribution in [0.25, 0.3) is 0 Å². The molecule has 0 aromatic rings. The Bertz CT molecular complexity index is 254. The van der Waals surface area contributed by atoms with Gasteiger partial charge < -0.3 is 10.1 Å². The molecule has 1 aliphatic heterocycles. The molecule has 1 saturated carbocycles. The van der Waals surface area contributed by atoms with E-state index in [1.807, 2.05) is 7.11 Å². The summed E-state index contributed by atoms with van der Waals surface area (Å²) in [5, 5.41) is 3.57. The molecule has 0 radical (unpaired) electrons. The van der Waals surface area contributed by atoms with Gasteiger partial charge in [0.05, 0.1) is 6.61 Å². The molecule has 1 spiro atoms. The average molecular weight is 282 g/mol. The first-order valence-electron chi connectivity index (χ1n) is 8.73. The minimum Gasteiger partial charge on any atom is -0.383 e. The molecule has 1 N–H and O–H groups in total. The second-order valence-corrected chi connectivity index (χ2v) is 6.91. The maximum Gasteiger partial charge on any atom is 0.0630 e. The molecule has 0 bridgehead atoms. The van der Waals surface area contributed by atoms with Crippen molar-refractivity contribution in [1.29, 1.82) is 0 Å². The molecule has 0 amide bonds. The third kappa shape index (κ3) is 4.44. The summed E-state index contributed by atoms with van der Waals surface area (Å²) < 4.78 is 5.44. The normalized spacial score (nSPS) is 24.9. The summed E-state index contributed by atoms with van der Waals surface area (Å²) in [5.41, 5.74) is 0.712. The van der Waals surface area contributed by atoms with Crippen molar-refractivity contribution < 1.29 is 4.74 Å². The fraction of sp³-hybridized carbons (Fsp3) is 1.00. The lowest BCUT2D eigenvalue weighted by Gasteiger charge is -2.46. The monoisotopic (exact) mass is 282 g/mol. The van der Waals surface area contributed by atoms with Crippen LogP contribution < -0.4 is 5.32 Å². The summed E-state index contributed by atoms with van der Waals surface area (Å²) >= 11 is 0. The molecule has 118 valence electrons. The van der Waals surface area contributed by atoms with Gasteiger partial charge in [-0.2, -0.15) is 0 Å². The fourth-order valence-corrected chi connectivity index (χ4v) is 4.10. The summed E-state index contributed by atoms with van der Waals surface area (Å²) in [6.07, 6.45) is 11.4. The Kier molecular flexibility index (Phi) is 6.79. The van der Waals surface area contributed by atoms with Crippen LogP contribution >= 0.6 is 0 Å². The molecular formula is C17H34N2O. The Morgan fingerprint density at radius 3 is 2.40 bits per heavy atom. The summed E-state index contributed by atoms with van der Waals surface area (Å²) in [7, 11) is 1.83. The molecular weight excluding hydrogens is 248 g/mol. The number of ether oxygens (including phenoxy) is 1. The summed E-state index contributed by atoms with van der Waals surface area (Å²) in [6, 6.07) is 0.562. The van der Waals surface area contributed by atoms with E-state index in [0.717, 1.165) is 19.7 Å². The lowest BCUT2D eigenvalue weighted by molar-refractivity contribution is 0.0196. The Balaban J connectivity index is 1.79. The van der Waals surface area contributed by atoms with Gasteiger partial charge in [-0.1, -0.05) is 26.2 Å². The lowest BCUT2D eigenvalue weighted by Crippen LogP contribution is -2.51.